The van der Waals surface area contributed by atoms with E-state index in [4.69, 9.17) is 4.74 Å². The molecule has 2 unspecified atom stereocenters. The quantitative estimate of drug-likeness (QED) is 0.913. The first kappa shape index (κ1) is 12.9. The minimum atomic E-state index is 0.470. The maximum Gasteiger partial charge on any atom is 0.0514 e. The molecule has 1 aliphatic heterocycles. The summed E-state index contributed by atoms with van der Waals surface area (Å²) in [6, 6.07) is 4.87. The van der Waals surface area contributed by atoms with E-state index < -0.39 is 0 Å². The molecule has 94 valence electrons. The fraction of sp³-hybridized carbons (Fsp3) is 0.571. The summed E-state index contributed by atoms with van der Waals surface area (Å²) in [6.07, 6.45) is 1.17. The topological polar surface area (TPSA) is 21.3 Å². The number of hydrogen-bond acceptors (Lipinski definition) is 2. The van der Waals surface area contributed by atoms with Crippen LogP contribution in [0.4, 0.5) is 5.69 Å². The monoisotopic (exact) mass is 297 g/mol. The van der Waals surface area contributed by atoms with Gasteiger partial charge in [0.2, 0.25) is 0 Å². The molecule has 0 radical (unpaired) electrons. The Balaban J connectivity index is 2.07. The Morgan fingerprint density at radius 2 is 2.00 bits per heavy atom. The van der Waals surface area contributed by atoms with E-state index in [-0.39, 0.29) is 0 Å². The van der Waals surface area contributed by atoms with E-state index in [1.807, 2.05) is 0 Å². The van der Waals surface area contributed by atoms with Gasteiger partial charge in [0.15, 0.2) is 0 Å². The minimum Gasteiger partial charge on any atom is -0.382 e. The van der Waals surface area contributed by atoms with Crippen LogP contribution in [-0.4, -0.2) is 19.3 Å². The predicted octanol–water partition coefficient (Wildman–Crippen LogP) is 3.90. The Kier molecular flexibility index (Phi) is 4.10. The highest BCUT2D eigenvalue weighted by Crippen LogP contribution is 2.27. The summed E-state index contributed by atoms with van der Waals surface area (Å²) in [7, 11) is 0. The second-order valence-electron chi connectivity index (χ2n) is 4.98. The van der Waals surface area contributed by atoms with Gasteiger partial charge in [-0.25, -0.2) is 0 Å². The summed E-state index contributed by atoms with van der Waals surface area (Å²) in [5.41, 5.74) is 3.77. The van der Waals surface area contributed by atoms with Gasteiger partial charge in [-0.3, -0.25) is 0 Å². The van der Waals surface area contributed by atoms with Gasteiger partial charge < -0.3 is 10.1 Å². The largest absolute Gasteiger partial charge is 0.382 e. The van der Waals surface area contributed by atoms with Crippen LogP contribution < -0.4 is 5.32 Å². The first-order valence-electron chi connectivity index (χ1n) is 6.19. The van der Waals surface area contributed by atoms with Gasteiger partial charge in [-0.1, -0.05) is 15.9 Å². The second kappa shape index (κ2) is 5.40. The maximum absolute atomic E-state index is 5.43. The number of anilines is 1. The zero-order chi connectivity index (χ0) is 12.4. The van der Waals surface area contributed by atoms with Crippen molar-refractivity contribution in [1.29, 1.82) is 0 Å². The van der Waals surface area contributed by atoms with Gasteiger partial charge in [0, 0.05) is 28.7 Å². The van der Waals surface area contributed by atoms with Crippen LogP contribution in [0.2, 0.25) is 0 Å². The Hall–Kier alpha value is -0.540. The van der Waals surface area contributed by atoms with E-state index in [1.165, 1.54) is 27.7 Å². The highest BCUT2D eigenvalue weighted by atomic mass is 79.9. The van der Waals surface area contributed by atoms with Crippen molar-refractivity contribution >= 4 is 21.6 Å². The smallest absolute Gasteiger partial charge is 0.0514 e. The number of hydrogen-bond donors (Lipinski definition) is 1. The van der Waals surface area contributed by atoms with Crippen LogP contribution in [0.25, 0.3) is 0 Å². The Labute approximate surface area is 112 Å². The summed E-state index contributed by atoms with van der Waals surface area (Å²) in [4.78, 5) is 0. The molecule has 2 nitrogen and oxygen atoms in total. The standard InChI is InChI=1S/C14H20BrNO/c1-9-6-13(7-10(2)14(9)15)16-11(3)12-4-5-17-8-12/h6-7,11-12,16H,4-5,8H2,1-3H3. The molecule has 1 aromatic carbocycles. The van der Waals surface area contributed by atoms with E-state index in [9.17, 15) is 0 Å². The zero-order valence-electron chi connectivity index (χ0n) is 10.7. The third-order valence-corrected chi connectivity index (χ3v) is 4.75. The summed E-state index contributed by atoms with van der Waals surface area (Å²) in [5, 5.41) is 3.59. The van der Waals surface area contributed by atoms with Gasteiger partial charge in [0.1, 0.15) is 0 Å². The van der Waals surface area contributed by atoms with Gasteiger partial charge in [0.25, 0.3) is 0 Å². The zero-order valence-corrected chi connectivity index (χ0v) is 12.3. The number of ether oxygens (including phenoxy) is 1. The lowest BCUT2D eigenvalue weighted by Crippen LogP contribution is -2.26. The molecular weight excluding hydrogens is 278 g/mol. The van der Waals surface area contributed by atoms with Crippen molar-refractivity contribution in [2.75, 3.05) is 18.5 Å². The number of aryl methyl sites for hydroxylation is 2. The minimum absolute atomic E-state index is 0.470. The van der Waals surface area contributed by atoms with Crippen LogP contribution in [0.1, 0.15) is 24.5 Å². The molecule has 1 aromatic rings. The third kappa shape index (κ3) is 3.02. The Morgan fingerprint density at radius 3 is 2.53 bits per heavy atom. The van der Waals surface area contributed by atoms with Crippen molar-refractivity contribution in [1.82, 2.24) is 0 Å². The first-order chi connectivity index (χ1) is 8.08. The van der Waals surface area contributed by atoms with Crippen molar-refractivity contribution in [3.8, 4) is 0 Å². The Bertz CT molecular complexity index is 376. The highest BCUT2D eigenvalue weighted by Gasteiger charge is 2.22. The van der Waals surface area contributed by atoms with Crippen LogP contribution in [0.5, 0.6) is 0 Å². The van der Waals surface area contributed by atoms with Crippen LogP contribution in [0, 0.1) is 19.8 Å². The molecule has 1 heterocycles. The van der Waals surface area contributed by atoms with Gasteiger partial charge in [-0.05, 0) is 50.5 Å². The molecule has 0 aromatic heterocycles. The number of halogens is 1. The molecule has 0 amide bonds. The molecule has 0 bridgehead atoms. The van der Waals surface area contributed by atoms with Gasteiger partial charge >= 0.3 is 0 Å². The fourth-order valence-electron chi connectivity index (χ4n) is 2.36. The summed E-state index contributed by atoms with van der Waals surface area (Å²) in [6.45, 7) is 8.31. The molecule has 2 atom stereocenters. The van der Waals surface area contributed by atoms with Gasteiger partial charge in [-0.2, -0.15) is 0 Å². The molecule has 1 N–H and O–H groups in total. The lowest BCUT2D eigenvalue weighted by molar-refractivity contribution is 0.183. The predicted molar refractivity (Wildman–Crippen MR) is 75.6 cm³/mol. The van der Waals surface area contributed by atoms with Crippen LogP contribution in [0.15, 0.2) is 16.6 Å². The second-order valence-corrected chi connectivity index (χ2v) is 5.77. The number of benzene rings is 1. The maximum atomic E-state index is 5.43. The molecule has 3 heteroatoms. The van der Waals surface area contributed by atoms with Crippen molar-refractivity contribution < 1.29 is 4.74 Å². The van der Waals surface area contributed by atoms with Gasteiger partial charge in [-0.15, -0.1) is 0 Å². The van der Waals surface area contributed by atoms with Crippen molar-refractivity contribution in [3.63, 3.8) is 0 Å². The lowest BCUT2D eigenvalue weighted by atomic mass is 10.00. The summed E-state index contributed by atoms with van der Waals surface area (Å²) in [5.74, 6) is 0.638. The summed E-state index contributed by atoms with van der Waals surface area (Å²) >= 11 is 3.60. The molecule has 0 aliphatic carbocycles. The van der Waals surface area contributed by atoms with Crippen molar-refractivity contribution in [2.24, 2.45) is 5.92 Å². The molecule has 1 aliphatic rings. The van der Waals surface area contributed by atoms with E-state index >= 15 is 0 Å². The SMILES string of the molecule is Cc1cc(NC(C)C2CCOC2)cc(C)c1Br. The van der Waals surface area contributed by atoms with Crippen molar-refractivity contribution in [2.45, 2.75) is 33.2 Å². The van der Waals surface area contributed by atoms with Crippen LogP contribution in [0.3, 0.4) is 0 Å². The van der Waals surface area contributed by atoms with Crippen LogP contribution >= 0.6 is 15.9 Å². The lowest BCUT2D eigenvalue weighted by Gasteiger charge is -2.21. The molecular formula is C14H20BrNO. The fourth-order valence-corrected chi connectivity index (χ4v) is 2.59. The van der Waals surface area contributed by atoms with Crippen molar-refractivity contribution in [3.05, 3.63) is 27.7 Å². The first-order valence-corrected chi connectivity index (χ1v) is 6.98. The average Bonchev–Trinajstić information content (AvgIpc) is 2.79. The molecule has 0 saturated carbocycles. The molecule has 17 heavy (non-hydrogen) atoms. The third-order valence-electron chi connectivity index (χ3n) is 3.50. The van der Waals surface area contributed by atoms with Gasteiger partial charge in [0.05, 0.1) is 6.61 Å². The number of rotatable bonds is 3. The highest BCUT2D eigenvalue weighted by molar-refractivity contribution is 9.10. The average molecular weight is 298 g/mol. The number of nitrogens with one attached hydrogen (secondary N) is 1. The van der Waals surface area contributed by atoms with E-state index in [2.05, 4.69) is 54.2 Å². The summed E-state index contributed by atoms with van der Waals surface area (Å²) < 4.78 is 6.64. The van der Waals surface area contributed by atoms with E-state index in [0.29, 0.717) is 12.0 Å². The van der Waals surface area contributed by atoms with E-state index in [0.717, 1.165) is 13.2 Å². The van der Waals surface area contributed by atoms with E-state index in [1.54, 1.807) is 0 Å². The van der Waals surface area contributed by atoms with Crippen LogP contribution in [-0.2, 0) is 4.74 Å². The Morgan fingerprint density at radius 1 is 1.35 bits per heavy atom. The molecule has 2 rings (SSSR count). The molecule has 1 saturated heterocycles. The molecule has 0 spiro atoms. The molecule has 1 fully saturated rings. The normalized spacial score (nSPS) is 21.5.